The van der Waals surface area contributed by atoms with E-state index < -0.39 is 30.2 Å². The van der Waals surface area contributed by atoms with E-state index in [4.69, 9.17) is 27.4 Å². The lowest BCUT2D eigenvalue weighted by Gasteiger charge is -2.21. The maximum Gasteiger partial charge on any atom is 0.327 e. The fourth-order valence-corrected chi connectivity index (χ4v) is 5.03. The number of carboxylic acids is 1. The van der Waals surface area contributed by atoms with Gasteiger partial charge in [0.05, 0.1) is 24.0 Å². The molecule has 3 N–H and O–H groups in total. The minimum atomic E-state index is -1.44. The summed E-state index contributed by atoms with van der Waals surface area (Å²) in [6.07, 6.45) is 8.10. The van der Waals surface area contributed by atoms with Crippen molar-refractivity contribution in [3.63, 3.8) is 0 Å². The highest BCUT2D eigenvalue weighted by Gasteiger charge is 2.41. The van der Waals surface area contributed by atoms with Crippen molar-refractivity contribution in [2.75, 3.05) is 6.61 Å². The number of thioether (sulfide) groups is 1. The highest BCUT2D eigenvalue weighted by atomic mass is 32.2. The molecule has 35 heavy (non-hydrogen) atoms. The number of primary amides is 1. The first-order chi connectivity index (χ1) is 16.7. The van der Waals surface area contributed by atoms with Crippen molar-refractivity contribution in [3.05, 3.63) is 28.7 Å². The fraction of sp³-hybridized carbons (Fsp3) is 0.520. The van der Waals surface area contributed by atoms with Gasteiger partial charge < -0.3 is 20.3 Å². The van der Waals surface area contributed by atoms with Crippen LogP contribution in [0.15, 0.2) is 23.1 Å². The highest BCUT2D eigenvalue weighted by Crippen LogP contribution is 2.36. The van der Waals surface area contributed by atoms with Gasteiger partial charge >= 0.3 is 5.97 Å². The predicted molar refractivity (Wildman–Crippen MR) is 141 cm³/mol. The minimum Gasteiger partial charge on any atom is -0.490 e. The Morgan fingerprint density at radius 1 is 1.20 bits per heavy atom. The van der Waals surface area contributed by atoms with E-state index in [1.54, 1.807) is 24.3 Å². The van der Waals surface area contributed by atoms with Gasteiger partial charge in [-0.2, -0.15) is 0 Å². The number of amides is 2. The molecule has 1 aliphatic heterocycles. The molecular formula is C25H34N2O6S2. The van der Waals surface area contributed by atoms with Gasteiger partial charge in [-0.3, -0.25) is 14.5 Å². The third-order valence-electron chi connectivity index (χ3n) is 5.42. The molecule has 1 aliphatic rings. The van der Waals surface area contributed by atoms with Gasteiger partial charge in [0.25, 0.3) is 5.91 Å². The molecule has 8 nitrogen and oxygen atoms in total. The third-order valence-corrected chi connectivity index (χ3v) is 6.75. The predicted octanol–water partition coefficient (Wildman–Crippen LogP) is 4.74. The average Bonchev–Trinajstić information content (AvgIpc) is 3.06. The standard InChI is InChI=1S/C25H34N2O6S2/c1-4-6-7-8-9-10-16(3)33-19-12-11-17(13-20(19)32-5-2)14-21-23(29)27(25(34)35-21)18(24(30)31)15-22(26)28/h11-14,16,18H,4-10,15H2,1-3H3,(H2,26,28)(H,30,31)/b21-14+/t16-,18-/m0/s1. The first-order valence-electron chi connectivity index (χ1n) is 11.9. The molecule has 0 saturated carbocycles. The second-order valence-electron chi connectivity index (χ2n) is 8.35. The number of unbranched alkanes of at least 4 members (excludes halogenated alkanes) is 4. The molecule has 1 saturated heterocycles. The zero-order chi connectivity index (χ0) is 26.0. The summed E-state index contributed by atoms with van der Waals surface area (Å²) in [5.41, 5.74) is 5.83. The van der Waals surface area contributed by atoms with Gasteiger partial charge in [-0.15, -0.1) is 0 Å². The van der Waals surface area contributed by atoms with E-state index >= 15 is 0 Å². The van der Waals surface area contributed by atoms with Gasteiger partial charge in [0.2, 0.25) is 5.91 Å². The van der Waals surface area contributed by atoms with Crippen molar-refractivity contribution in [1.82, 2.24) is 4.90 Å². The van der Waals surface area contributed by atoms with Crippen molar-refractivity contribution in [2.45, 2.75) is 77.9 Å². The van der Waals surface area contributed by atoms with Gasteiger partial charge in [0.1, 0.15) is 10.4 Å². The van der Waals surface area contributed by atoms with Gasteiger partial charge in [-0.25, -0.2) is 4.79 Å². The molecule has 1 aromatic rings. The first-order valence-corrected chi connectivity index (χ1v) is 13.1. The lowest BCUT2D eigenvalue weighted by atomic mass is 10.1. The maximum absolute atomic E-state index is 12.9. The van der Waals surface area contributed by atoms with Crippen LogP contribution >= 0.6 is 24.0 Å². The van der Waals surface area contributed by atoms with Crippen LogP contribution < -0.4 is 15.2 Å². The molecule has 2 atom stereocenters. The van der Waals surface area contributed by atoms with E-state index in [1.165, 1.54) is 25.7 Å². The maximum atomic E-state index is 12.9. The summed E-state index contributed by atoms with van der Waals surface area (Å²) in [6.45, 7) is 6.56. The lowest BCUT2D eigenvalue weighted by molar-refractivity contribution is -0.146. The summed E-state index contributed by atoms with van der Waals surface area (Å²) in [7, 11) is 0. The fourth-order valence-electron chi connectivity index (χ4n) is 3.67. The number of carboxylic acid groups (broad SMARTS) is 1. The summed E-state index contributed by atoms with van der Waals surface area (Å²) in [5, 5.41) is 9.46. The van der Waals surface area contributed by atoms with Crippen LogP contribution in [0.4, 0.5) is 0 Å². The van der Waals surface area contributed by atoms with Gasteiger partial charge in [0.15, 0.2) is 11.5 Å². The van der Waals surface area contributed by atoms with Crippen LogP contribution in [0.1, 0.15) is 71.3 Å². The SMILES string of the molecule is CCCCCCC[C@H](C)Oc1ccc(/C=C2/SC(=S)N([C@@H](CC(N)=O)C(=O)O)C2=O)cc1OCC. The largest absolute Gasteiger partial charge is 0.490 e. The summed E-state index contributed by atoms with van der Waals surface area (Å²) in [5.74, 6) is -1.57. The molecule has 1 aromatic carbocycles. The number of nitrogens with zero attached hydrogens (tertiary/aromatic N) is 1. The topological polar surface area (TPSA) is 119 Å². The summed E-state index contributed by atoms with van der Waals surface area (Å²) >= 11 is 6.20. The van der Waals surface area contributed by atoms with Crippen LogP contribution in [0.25, 0.3) is 6.08 Å². The van der Waals surface area contributed by atoms with Crippen molar-refractivity contribution in [1.29, 1.82) is 0 Å². The smallest absolute Gasteiger partial charge is 0.327 e. The Morgan fingerprint density at radius 3 is 2.54 bits per heavy atom. The zero-order valence-electron chi connectivity index (χ0n) is 20.5. The molecule has 1 heterocycles. The van der Waals surface area contributed by atoms with Gasteiger partial charge in [-0.05, 0) is 50.5 Å². The number of benzene rings is 1. The van der Waals surface area contributed by atoms with E-state index in [-0.39, 0.29) is 15.3 Å². The number of aliphatic carboxylic acids is 1. The summed E-state index contributed by atoms with van der Waals surface area (Å²) < 4.78 is 12.0. The molecule has 10 heteroatoms. The molecule has 2 rings (SSSR count). The Morgan fingerprint density at radius 2 is 1.91 bits per heavy atom. The van der Waals surface area contributed by atoms with Crippen molar-refractivity contribution < 1.29 is 29.0 Å². The number of thiocarbonyl (C=S) groups is 1. The van der Waals surface area contributed by atoms with Crippen LogP contribution in [-0.2, 0) is 14.4 Å². The molecule has 0 radical (unpaired) electrons. The Hall–Kier alpha value is -2.59. The second-order valence-corrected chi connectivity index (χ2v) is 10.0. The molecule has 1 fully saturated rings. The molecular weight excluding hydrogens is 488 g/mol. The number of carbonyl (C=O) groups is 3. The number of rotatable bonds is 15. The van der Waals surface area contributed by atoms with Crippen molar-refractivity contribution in [3.8, 4) is 11.5 Å². The minimum absolute atomic E-state index is 0.0381. The number of hydrogen-bond donors (Lipinski definition) is 2. The molecule has 0 unspecified atom stereocenters. The number of ether oxygens (including phenoxy) is 2. The number of carbonyl (C=O) groups excluding carboxylic acids is 2. The third kappa shape index (κ3) is 8.54. The quantitative estimate of drug-likeness (QED) is 0.193. The molecule has 0 spiro atoms. The first kappa shape index (κ1) is 28.6. The van der Waals surface area contributed by atoms with Crippen LogP contribution in [0.2, 0.25) is 0 Å². The van der Waals surface area contributed by atoms with Gasteiger partial charge in [-0.1, -0.05) is 62.7 Å². The van der Waals surface area contributed by atoms with Crippen LogP contribution in [0.5, 0.6) is 11.5 Å². The number of hydrogen-bond acceptors (Lipinski definition) is 7. The Labute approximate surface area is 216 Å². The average molecular weight is 523 g/mol. The van der Waals surface area contributed by atoms with Crippen molar-refractivity contribution >= 4 is 52.2 Å². The molecule has 0 bridgehead atoms. The lowest BCUT2D eigenvalue weighted by Crippen LogP contribution is -2.46. The second kappa shape index (κ2) is 14.1. The van der Waals surface area contributed by atoms with E-state index in [9.17, 15) is 19.5 Å². The van der Waals surface area contributed by atoms with Crippen LogP contribution in [-0.4, -0.2) is 50.9 Å². The van der Waals surface area contributed by atoms with E-state index in [1.807, 2.05) is 13.8 Å². The summed E-state index contributed by atoms with van der Waals surface area (Å²) in [6, 6.07) is 3.94. The number of nitrogens with two attached hydrogens (primary N) is 1. The van der Waals surface area contributed by atoms with E-state index in [2.05, 4.69) is 6.92 Å². The molecule has 0 aromatic heterocycles. The molecule has 0 aliphatic carbocycles. The monoisotopic (exact) mass is 522 g/mol. The van der Waals surface area contributed by atoms with Crippen LogP contribution in [0, 0.1) is 0 Å². The van der Waals surface area contributed by atoms with Crippen LogP contribution in [0.3, 0.4) is 0 Å². The van der Waals surface area contributed by atoms with Gasteiger partial charge in [0, 0.05) is 0 Å². The Bertz CT molecular complexity index is 965. The van der Waals surface area contributed by atoms with Crippen molar-refractivity contribution in [2.24, 2.45) is 5.73 Å². The Balaban J connectivity index is 2.16. The van der Waals surface area contributed by atoms with E-state index in [0.717, 1.165) is 29.5 Å². The Kier molecular flexibility index (Phi) is 11.5. The zero-order valence-corrected chi connectivity index (χ0v) is 22.1. The molecule has 2 amide bonds. The van der Waals surface area contributed by atoms with E-state index in [0.29, 0.717) is 23.7 Å². The summed E-state index contributed by atoms with van der Waals surface area (Å²) in [4.78, 5) is 37.0. The normalized spacial score (nSPS) is 16.4. The highest BCUT2D eigenvalue weighted by molar-refractivity contribution is 8.26. The molecule has 192 valence electrons.